The minimum Gasteiger partial charge on any atom is -0.312 e. The summed E-state index contributed by atoms with van der Waals surface area (Å²) in [5.41, 5.74) is 1.40. The molecule has 0 saturated carbocycles. The number of nitrogens with one attached hydrogen (secondary N) is 1. The van der Waals surface area contributed by atoms with Crippen LogP contribution >= 0.6 is 11.6 Å². The number of halogens is 3. The topological polar surface area (TPSA) is 29.9 Å². The summed E-state index contributed by atoms with van der Waals surface area (Å²) in [7, 11) is 3.24. The average molecular weight is 252 g/mol. The third-order valence-electron chi connectivity index (χ3n) is 2.59. The fourth-order valence-corrected chi connectivity index (χ4v) is 1.94. The van der Waals surface area contributed by atoms with Crippen LogP contribution in [0.3, 0.4) is 0 Å². The van der Waals surface area contributed by atoms with Gasteiger partial charge in [0, 0.05) is 13.5 Å². The molecule has 0 spiro atoms. The van der Waals surface area contributed by atoms with Gasteiger partial charge in [0.15, 0.2) is 0 Å². The molecular weight excluding hydrogens is 236 g/mol. The molecule has 0 aliphatic heterocycles. The lowest BCUT2D eigenvalue weighted by Crippen LogP contribution is -2.35. The molecule has 16 heavy (non-hydrogen) atoms. The first-order chi connectivity index (χ1) is 7.51. The smallest absolute Gasteiger partial charge is 0.254 e. The first-order valence-electron chi connectivity index (χ1n) is 5.16. The second kappa shape index (κ2) is 5.59. The van der Waals surface area contributed by atoms with Crippen molar-refractivity contribution in [3.05, 3.63) is 16.4 Å². The summed E-state index contributed by atoms with van der Waals surface area (Å²) in [6.45, 7) is 1.93. The lowest BCUT2D eigenvalue weighted by Gasteiger charge is -2.15. The zero-order valence-corrected chi connectivity index (χ0v) is 10.4. The maximum atomic E-state index is 12.6. The van der Waals surface area contributed by atoms with Gasteiger partial charge >= 0.3 is 0 Å². The van der Waals surface area contributed by atoms with Crippen molar-refractivity contribution in [3.63, 3.8) is 0 Å². The molecule has 1 N–H and O–H groups in total. The molecule has 0 amide bonds. The van der Waals surface area contributed by atoms with Crippen LogP contribution in [0.1, 0.15) is 18.3 Å². The molecule has 0 fully saturated rings. The molecule has 92 valence electrons. The van der Waals surface area contributed by atoms with Crippen LogP contribution in [0.5, 0.6) is 0 Å². The molecule has 6 heteroatoms. The first kappa shape index (κ1) is 13.4. The quantitative estimate of drug-likeness (QED) is 0.868. The predicted molar refractivity (Wildman–Crippen MR) is 60.2 cm³/mol. The monoisotopic (exact) mass is 251 g/mol. The Balaban J connectivity index is 2.91. The van der Waals surface area contributed by atoms with Crippen LogP contribution in [0.25, 0.3) is 0 Å². The van der Waals surface area contributed by atoms with Gasteiger partial charge in [0.2, 0.25) is 0 Å². The van der Waals surface area contributed by atoms with Gasteiger partial charge in [-0.3, -0.25) is 4.68 Å². The van der Waals surface area contributed by atoms with Gasteiger partial charge in [0.25, 0.3) is 6.43 Å². The maximum Gasteiger partial charge on any atom is 0.254 e. The van der Waals surface area contributed by atoms with Gasteiger partial charge in [-0.2, -0.15) is 5.10 Å². The van der Waals surface area contributed by atoms with Crippen LogP contribution in [0.2, 0.25) is 5.02 Å². The normalized spacial score (nSPS) is 13.4. The van der Waals surface area contributed by atoms with Crippen LogP contribution in [0.4, 0.5) is 8.78 Å². The minimum atomic E-state index is -2.42. The summed E-state index contributed by atoms with van der Waals surface area (Å²) in [5.74, 6) is 0. The standard InChI is InChI=1S/C10H16ClF2N3/c1-4-6-9(11)8(16(3)15-6)5-7(14-2)10(12)13/h7,10,14H,4-5H2,1-3H3. The Bertz CT molecular complexity index is 352. The Morgan fingerprint density at radius 2 is 2.12 bits per heavy atom. The van der Waals surface area contributed by atoms with Crippen LogP contribution in [0.15, 0.2) is 0 Å². The van der Waals surface area contributed by atoms with Crippen LogP contribution in [0, 0.1) is 0 Å². The van der Waals surface area contributed by atoms with Crippen LogP contribution < -0.4 is 5.32 Å². The van der Waals surface area contributed by atoms with Gasteiger partial charge in [0.1, 0.15) is 0 Å². The molecule has 0 saturated heterocycles. The van der Waals surface area contributed by atoms with E-state index in [4.69, 9.17) is 11.6 Å². The number of alkyl halides is 2. The van der Waals surface area contributed by atoms with Crippen molar-refractivity contribution in [1.29, 1.82) is 0 Å². The van der Waals surface area contributed by atoms with E-state index in [0.717, 1.165) is 5.69 Å². The summed E-state index contributed by atoms with van der Waals surface area (Å²) in [5, 5.41) is 7.27. The highest BCUT2D eigenvalue weighted by atomic mass is 35.5. The lowest BCUT2D eigenvalue weighted by molar-refractivity contribution is 0.101. The third-order valence-corrected chi connectivity index (χ3v) is 3.03. The highest BCUT2D eigenvalue weighted by Crippen LogP contribution is 2.23. The summed E-state index contributed by atoms with van der Waals surface area (Å²) in [6, 6.07) is -0.891. The predicted octanol–water partition coefficient (Wildman–Crippen LogP) is 2.03. The molecule has 0 aliphatic carbocycles. The molecule has 0 aliphatic rings. The Hall–Kier alpha value is -0.680. The van der Waals surface area contributed by atoms with E-state index in [2.05, 4.69) is 10.4 Å². The number of hydrogen-bond acceptors (Lipinski definition) is 2. The molecule has 1 aromatic rings. The number of aryl methyl sites for hydroxylation is 2. The molecular formula is C10H16ClF2N3. The van der Waals surface area contributed by atoms with Crippen molar-refractivity contribution in [3.8, 4) is 0 Å². The molecule has 1 aromatic heterocycles. The molecule has 1 unspecified atom stereocenters. The molecule has 3 nitrogen and oxygen atoms in total. The second-order valence-electron chi connectivity index (χ2n) is 3.62. The highest BCUT2D eigenvalue weighted by Gasteiger charge is 2.23. The fourth-order valence-electron chi connectivity index (χ4n) is 1.57. The molecule has 1 rings (SSSR count). The van der Waals surface area contributed by atoms with E-state index in [9.17, 15) is 8.78 Å². The van der Waals surface area contributed by atoms with E-state index in [1.54, 1.807) is 11.7 Å². The molecule has 1 atom stereocenters. The Kier molecular flexibility index (Phi) is 4.68. The summed E-state index contributed by atoms with van der Waals surface area (Å²) < 4.78 is 26.8. The molecule has 0 radical (unpaired) electrons. The summed E-state index contributed by atoms with van der Waals surface area (Å²) in [6.07, 6.45) is -1.54. The first-order valence-corrected chi connectivity index (χ1v) is 5.54. The molecule has 0 aromatic carbocycles. The van der Waals surface area contributed by atoms with Gasteiger partial charge in [0.05, 0.1) is 22.5 Å². The zero-order valence-electron chi connectivity index (χ0n) is 9.60. The SMILES string of the molecule is CCc1nn(C)c(CC(NC)C(F)F)c1Cl. The van der Waals surface area contributed by atoms with Gasteiger partial charge in [-0.05, 0) is 13.5 Å². The van der Waals surface area contributed by atoms with Crippen molar-refractivity contribution in [2.24, 2.45) is 7.05 Å². The highest BCUT2D eigenvalue weighted by molar-refractivity contribution is 6.31. The van der Waals surface area contributed by atoms with E-state index < -0.39 is 12.5 Å². The van der Waals surface area contributed by atoms with Gasteiger partial charge in [-0.1, -0.05) is 18.5 Å². The van der Waals surface area contributed by atoms with Crippen molar-refractivity contribution in [2.75, 3.05) is 7.05 Å². The number of rotatable bonds is 5. The van der Waals surface area contributed by atoms with Gasteiger partial charge in [-0.15, -0.1) is 0 Å². The van der Waals surface area contributed by atoms with Crippen molar-refractivity contribution >= 4 is 11.6 Å². The van der Waals surface area contributed by atoms with Gasteiger partial charge < -0.3 is 5.32 Å². The van der Waals surface area contributed by atoms with Crippen molar-refractivity contribution in [1.82, 2.24) is 15.1 Å². The van der Waals surface area contributed by atoms with Crippen molar-refractivity contribution < 1.29 is 8.78 Å². The summed E-state index contributed by atoms with van der Waals surface area (Å²) in [4.78, 5) is 0. The van der Waals surface area contributed by atoms with Crippen molar-refractivity contribution in [2.45, 2.75) is 32.2 Å². The van der Waals surface area contributed by atoms with Crippen LogP contribution in [-0.4, -0.2) is 29.3 Å². The number of nitrogens with zero attached hydrogens (tertiary/aromatic N) is 2. The number of hydrogen-bond donors (Lipinski definition) is 1. The Morgan fingerprint density at radius 1 is 1.50 bits per heavy atom. The minimum absolute atomic E-state index is 0.177. The zero-order chi connectivity index (χ0) is 12.3. The fraction of sp³-hybridized carbons (Fsp3) is 0.700. The average Bonchev–Trinajstić information content (AvgIpc) is 2.51. The third kappa shape index (κ3) is 2.71. The van der Waals surface area contributed by atoms with E-state index in [0.29, 0.717) is 17.1 Å². The van der Waals surface area contributed by atoms with E-state index >= 15 is 0 Å². The second-order valence-corrected chi connectivity index (χ2v) is 4.00. The van der Waals surface area contributed by atoms with E-state index in [1.807, 2.05) is 6.92 Å². The maximum absolute atomic E-state index is 12.6. The van der Waals surface area contributed by atoms with E-state index in [-0.39, 0.29) is 6.42 Å². The molecule has 0 bridgehead atoms. The number of likely N-dealkylation sites (N-methyl/N-ethyl adjacent to an activating group) is 1. The lowest BCUT2D eigenvalue weighted by atomic mass is 10.1. The molecule has 1 heterocycles. The summed E-state index contributed by atoms with van der Waals surface area (Å²) >= 11 is 6.08. The van der Waals surface area contributed by atoms with E-state index in [1.165, 1.54) is 7.05 Å². The Morgan fingerprint density at radius 3 is 2.50 bits per heavy atom. The number of aromatic nitrogens is 2. The Labute approximate surface area is 98.8 Å². The van der Waals surface area contributed by atoms with Crippen LogP contribution in [-0.2, 0) is 19.9 Å². The van der Waals surface area contributed by atoms with Gasteiger partial charge in [-0.25, -0.2) is 8.78 Å². The largest absolute Gasteiger partial charge is 0.312 e.